The number of amides is 1. The van der Waals surface area contributed by atoms with Crippen LogP contribution in [0.15, 0.2) is 18.2 Å². The predicted octanol–water partition coefficient (Wildman–Crippen LogP) is 3.47. The maximum Gasteiger partial charge on any atom is 0.338 e. The van der Waals surface area contributed by atoms with E-state index in [4.69, 9.17) is 4.74 Å². The van der Waals surface area contributed by atoms with Crippen molar-refractivity contribution in [1.29, 1.82) is 0 Å². The van der Waals surface area contributed by atoms with Crippen LogP contribution in [0.2, 0.25) is 0 Å². The lowest BCUT2D eigenvalue weighted by Gasteiger charge is -2.07. The highest BCUT2D eigenvalue weighted by Gasteiger charge is 2.19. The summed E-state index contributed by atoms with van der Waals surface area (Å²) in [5.74, 6) is -1.16. The molecule has 1 N–H and O–H groups in total. The monoisotopic (exact) mass is 417 g/mol. The van der Waals surface area contributed by atoms with Crippen LogP contribution in [0.3, 0.4) is 0 Å². The number of carbonyl (C=O) groups excluding carboxylic acids is 2. The highest BCUT2D eigenvalue weighted by Crippen LogP contribution is 2.27. The van der Waals surface area contributed by atoms with Gasteiger partial charge in [-0.05, 0) is 45.1 Å². The topological polar surface area (TPSA) is 111 Å². The Hall–Kier alpha value is -2.81. The zero-order valence-electron chi connectivity index (χ0n) is 16.2. The van der Waals surface area contributed by atoms with Gasteiger partial charge in [0, 0.05) is 35.5 Å². The van der Waals surface area contributed by atoms with Crippen molar-refractivity contribution in [3.05, 3.63) is 55.0 Å². The Morgan fingerprint density at radius 3 is 2.72 bits per heavy atom. The predicted molar refractivity (Wildman–Crippen MR) is 108 cm³/mol. The Morgan fingerprint density at radius 2 is 2.00 bits per heavy atom. The van der Waals surface area contributed by atoms with Crippen molar-refractivity contribution in [2.45, 2.75) is 45.4 Å². The summed E-state index contributed by atoms with van der Waals surface area (Å²) in [6.07, 6.45) is 6.08. The maximum absolute atomic E-state index is 12.4. The number of nitro benzene ring substituents is 1. The van der Waals surface area contributed by atoms with Crippen LogP contribution in [-0.4, -0.2) is 34.9 Å². The van der Waals surface area contributed by atoms with Gasteiger partial charge in [-0.2, -0.15) is 0 Å². The molecule has 1 aromatic heterocycles. The van der Waals surface area contributed by atoms with Gasteiger partial charge in [0.15, 0.2) is 0 Å². The molecule has 0 spiro atoms. The smallest absolute Gasteiger partial charge is 0.338 e. The third kappa shape index (κ3) is 5.38. The van der Waals surface area contributed by atoms with Gasteiger partial charge < -0.3 is 10.1 Å². The number of nitro groups is 1. The number of benzene rings is 1. The molecule has 1 heterocycles. The van der Waals surface area contributed by atoms with Crippen LogP contribution >= 0.6 is 11.3 Å². The van der Waals surface area contributed by atoms with Gasteiger partial charge in [-0.25, -0.2) is 9.78 Å². The number of non-ortho nitro benzene ring substituents is 1. The number of ether oxygens (including phenoxy) is 1. The fourth-order valence-corrected chi connectivity index (χ4v) is 4.43. The van der Waals surface area contributed by atoms with Gasteiger partial charge in [0.05, 0.1) is 27.8 Å². The number of hydrogen-bond donors (Lipinski definition) is 1. The van der Waals surface area contributed by atoms with E-state index in [2.05, 4.69) is 10.3 Å². The number of carbonyl (C=O) groups is 2. The average Bonchev–Trinajstić information content (AvgIpc) is 3.13. The van der Waals surface area contributed by atoms with Crippen LogP contribution in [0.1, 0.15) is 62.5 Å². The molecular formula is C20H23N3O5S. The summed E-state index contributed by atoms with van der Waals surface area (Å²) < 4.78 is 4.88. The molecule has 1 aliphatic rings. The molecule has 0 bridgehead atoms. The zero-order chi connectivity index (χ0) is 20.8. The SMILES string of the molecule is CCOC(=O)c1cc(C(=O)NCCCc2nc3c(s2)CCCC3)cc([N+](=O)[O-])c1. The first kappa shape index (κ1) is 20.9. The van der Waals surface area contributed by atoms with E-state index < -0.39 is 16.8 Å². The van der Waals surface area contributed by atoms with Crippen molar-refractivity contribution in [3.8, 4) is 0 Å². The van der Waals surface area contributed by atoms with Gasteiger partial charge in [0.2, 0.25) is 0 Å². The second kappa shape index (κ2) is 9.60. The van der Waals surface area contributed by atoms with E-state index in [1.165, 1.54) is 29.5 Å². The summed E-state index contributed by atoms with van der Waals surface area (Å²) >= 11 is 1.76. The minimum atomic E-state index is -0.696. The molecule has 2 aromatic rings. The van der Waals surface area contributed by atoms with Crippen molar-refractivity contribution >= 4 is 28.9 Å². The van der Waals surface area contributed by atoms with Gasteiger partial charge in [-0.15, -0.1) is 11.3 Å². The molecule has 0 saturated carbocycles. The van der Waals surface area contributed by atoms with Crippen LogP contribution in [0, 0.1) is 10.1 Å². The average molecular weight is 417 g/mol. The van der Waals surface area contributed by atoms with Crippen LogP contribution < -0.4 is 5.32 Å². The van der Waals surface area contributed by atoms with E-state index in [1.807, 2.05) is 0 Å². The lowest BCUT2D eigenvalue weighted by atomic mass is 10.0. The first-order chi connectivity index (χ1) is 14.0. The van der Waals surface area contributed by atoms with Crippen molar-refractivity contribution in [3.63, 3.8) is 0 Å². The molecule has 1 amide bonds. The first-order valence-corrected chi connectivity index (χ1v) is 10.5. The van der Waals surface area contributed by atoms with E-state index in [0.29, 0.717) is 6.54 Å². The minimum absolute atomic E-state index is 0.0143. The number of aryl methyl sites for hydroxylation is 3. The number of nitrogens with one attached hydrogen (secondary N) is 1. The number of rotatable bonds is 8. The maximum atomic E-state index is 12.4. The second-order valence-corrected chi connectivity index (χ2v) is 7.96. The fourth-order valence-electron chi connectivity index (χ4n) is 3.24. The van der Waals surface area contributed by atoms with Crippen molar-refractivity contribution in [2.75, 3.05) is 13.2 Å². The van der Waals surface area contributed by atoms with Crippen LogP contribution in [0.25, 0.3) is 0 Å². The Morgan fingerprint density at radius 1 is 1.24 bits per heavy atom. The van der Waals surface area contributed by atoms with Gasteiger partial charge in [0.1, 0.15) is 0 Å². The van der Waals surface area contributed by atoms with Crippen molar-refractivity contribution < 1.29 is 19.2 Å². The Bertz CT molecular complexity index is 901. The molecule has 0 unspecified atom stereocenters. The van der Waals surface area contributed by atoms with E-state index in [9.17, 15) is 19.7 Å². The van der Waals surface area contributed by atoms with Gasteiger partial charge in [-0.3, -0.25) is 14.9 Å². The standard InChI is InChI=1S/C20H23N3O5S/c1-2-28-20(25)14-10-13(11-15(12-14)23(26)27)19(24)21-9-5-8-18-22-16-6-3-4-7-17(16)29-18/h10-12H,2-9H2,1H3,(H,21,24). The molecule has 3 rings (SSSR count). The molecule has 1 aromatic carbocycles. The molecular weight excluding hydrogens is 394 g/mol. The molecule has 0 aliphatic heterocycles. The molecule has 9 heteroatoms. The third-order valence-electron chi connectivity index (χ3n) is 4.64. The van der Waals surface area contributed by atoms with E-state index in [-0.39, 0.29) is 23.4 Å². The van der Waals surface area contributed by atoms with Crippen LogP contribution in [0.4, 0.5) is 5.69 Å². The van der Waals surface area contributed by atoms with Crippen LogP contribution in [0.5, 0.6) is 0 Å². The largest absolute Gasteiger partial charge is 0.462 e. The van der Waals surface area contributed by atoms with E-state index in [1.54, 1.807) is 18.3 Å². The second-order valence-electron chi connectivity index (χ2n) is 6.79. The van der Waals surface area contributed by atoms with Gasteiger partial charge >= 0.3 is 5.97 Å². The highest BCUT2D eigenvalue weighted by molar-refractivity contribution is 7.11. The van der Waals surface area contributed by atoms with Gasteiger partial charge in [0.25, 0.3) is 11.6 Å². The number of hydrogen-bond acceptors (Lipinski definition) is 7. The molecule has 29 heavy (non-hydrogen) atoms. The lowest BCUT2D eigenvalue weighted by molar-refractivity contribution is -0.384. The molecule has 0 saturated heterocycles. The Balaban J connectivity index is 1.58. The zero-order valence-corrected chi connectivity index (χ0v) is 17.0. The molecule has 0 atom stereocenters. The summed E-state index contributed by atoms with van der Waals surface area (Å²) in [5.41, 5.74) is 0.948. The summed E-state index contributed by atoms with van der Waals surface area (Å²) in [5, 5.41) is 15.0. The number of esters is 1. The minimum Gasteiger partial charge on any atom is -0.462 e. The van der Waals surface area contributed by atoms with Gasteiger partial charge in [-0.1, -0.05) is 0 Å². The Labute approximate surface area is 172 Å². The fraction of sp³-hybridized carbons (Fsp3) is 0.450. The molecule has 1 aliphatic carbocycles. The lowest BCUT2D eigenvalue weighted by Crippen LogP contribution is -2.25. The number of thiazole rings is 1. The third-order valence-corrected chi connectivity index (χ3v) is 5.86. The van der Waals surface area contributed by atoms with Crippen molar-refractivity contribution in [1.82, 2.24) is 10.3 Å². The van der Waals surface area contributed by atoms with Crippen LogP contribution in [-0.2, 0) is 24.0 Å². The summed E-state index contributed by atoms with van der Waals surface area (Å²) in [6, 6.07) is 3.58. The number of nitrogens with zero attached hydrogens (tertiary/aromatic N) is 2. The molecule has 154 valence electrons. The number of fused-ring (bicyclic) bond motifs is 1. The molecule has 0 radical (unpaired) electrons. The van der Waals surface area contributed by atoms with E-state index in [0.717, 1.165) is 42.8 Å². The molecule has 8 nitrogen and oxygen atoms in total. The van der Waals surface area contributed by atoms with E-state index >= 15 is 0 Å². The molecule has 0 fully saturated rings. The van der Waals surface area contributed by atoms with Crippen molar-refractivity contribution in [2.24, 2.45) is 0 Å². The summed E-state index contributed by atoms with van der Waals surface area (Å²) in [7, 11) is 0. The summed E-state index contributed by atoms with van der Waals surface area (Å²) in [4.78, 5) is 40.9. The normalized spacial score (nSPS) is 12.9. The summed E-state index contributed by atoms with van der Waals surface area (Å²) in [6.45, 7) is 2.20. The Kier molecular flexibility index (Phi) is 6.92. The number of aromatic nitrogens is 1. The quantitative estimate of drug-likeness (QED) is 0.305. The first-order valence-electron chi connectivity index (χ1n) is 9.70. The highest BCUT2D eigenvalue weighted by atomic mass is 32.1.